The standard InChI is InChI=1S/C12H13BrFN3O2S/c1-7-12(8(2)17-16-7)20(18,19)15-6-9-5-10(14)3-4-11(9)13/h3-5,15H,6H2,1-2H3,(H,16,17). The van der Waals surface area contributed by atoms with Gasteiger partial charge in [-0.15, -0.1) is 0 Å². The fraction of sp³-hybridized carbons (Fsp3) is 0.250. The van der Waals surface area contributed by atoms with E-state index < -0.39 is 15.8 Å². The highest BCUT2D eigenvalue weighted by Gasteiger charge is 2.22. The van der Waals surface area contributed by atoms with Crippen molar-refractivity contribution in [3.63, 3.8) is 0 Å². The zero-order chi connectivity index (χ0) is 14.9. The Kier molecular flexibility index (Phi) is 4.26. The van der Waals surface area contributed by atoms with Gasteiger partial charge in [0, 0.05) is 11.0 Å². The SMILES string of the molecule is Cc1n[nH]c(C)c1S(=O)(=O)NCc1cc(F)ccc1Br. The summed E-state index contributed by atoms with van der Waals surface area (Å²) >= 11 is 3.26. The van der Waals surface area contributed by atoms with Gasteiger partial charge in [-0.05, 0) is 37.6 Å². The Labute approximate surface area is 124 Å². The predicted molar refractivity (Wildman–Crippen MR) is 76.2 cm³/mol. The average molecular weight is 362 g/mol. The van der Waals surface area contributed by atoms with Crippen molar-refractivity contribution in [2.75, 3.05) is 0 Å². The number of sulfonamides is 1. The molecule has 0 fully saturated rings. The first-order chi connectivity index (χ1) is 9.31. The van der Waals surface area contributed by atoms with Crippen LogP contribution in [0, 0.1) is 19.7 Å². The molecular formula is C12H13BrFN3O2S. The average Bonchev–Trinajstić information content (AvgIpc) is 2.71. The Bertz CT molecular complexity index is 724. The number of rotatable bonds is 4. The van der Waals surface area contributed by atoms with Crippen LogP contribution >= 0.6 is 15.9 Å². The lowest BCUT2D eigenvalue weighted by molar-refractivity contribution is 0.579. The van der Waals surface area contributed by atoms with Crippen LogP contribution in [0.5, 0.6) is 0 Å². The van der Waals surface area contributed by atoms with E-state index in [0.717, 1.165) is 0 Å². The van der Waals surface area contributed by atoms with Gasteiger partial charge in [-0.1, -0.05) is 15.9 Å². The van der Waals surface area contributed by atoms with Crippen LogP contribution < -0.4 is 4.72 Å². The van der Waals surface area contributed by atoms with Gasteiger partial charge in [0.05, 0.1) is 11.4 Å². The van der Waals surface area contributed by atoms with E-state index in [9.17, 15) is 12.8 Å². The Hall–Kier alpha value is -1.25. The van der Waals surface area contributed by atoms with Crippen molar-refractivity contribution in [1.82, 2.24) is 14.9 Å². The second-order valence-electron chi connectivity index (χ2n) is 4.32. The maximum atomic E-state index is 13.2. The highest BCUT2D eigenvalue weighted by molar-refractivity contribution is 9.10. The minimum Gasteiger partial charge on any atom is -0.281 e. The van der Waals surface area contributed by atoms with Crippen molar-refractivity contribution in [3.05, 3.63) is 45.4 Å². The second kappa shape index (κ2) is 5.63. The lowest BCUT2D eigenvalue weighted by Gasteiger charge is -2.08. The van der Waals surface area contributed by atoms with E-state index in [-0.39, 0.29) is 11.4 Å². The summed E-state index contributed by atoms with van der Waals surface area (Å²) in [6.45, 7) is 3.23. The van der Waals surface area contributed by atoms with Gasteiger partial charge in [-0.25, -0.2) is 17.5 Å². The van der Waals surface area contributed by atoms with Crippen molar-refractivity contribution in [2.45, 2.75) is 25.3 Å². The molecule has 2 N–H and O–H groups in total. The summed E-state index contributed by atoms with van der Waals surface area (Å²) in [5, 5.41) is 6.48. The first-order valence-electron chi connectivity index (χ1n) is 5.76. The van der Waals surface area contributed by atoms with Crippen molar-refractivity contribution < 1.29 is 12.8 Å². The van der Waals surface area contributed by atoms with Gasteiger partial charge in [0.2, 0.25) is 10.0 Å². The number of aromatic amines is 1. The van der Waals surface area contributed by atoms with Crippen LogP contribution in [0.2, 0.25) is 0 Å². The summed E-state index contributed by atoms with van der Waals surface area (Å²) in [5.41, 5.74) is 1.38. The molecule has 0 saturated heterocycles. The molecule has 0 atom stereocenters. The quantitative estimate of drug-likeness (QED) is 0.877. The normalized spacial score (nSPS) is 11.8. The van der Waals surface area contributed by atoms with Gasteiger partial charge in [0.15, 0.2) is 0 Å². The highest BCUT2D eigenvalue weighted by atomic mass is 79.9. The van der Waals surface area contributed by atoms with Crippen molar-refractivity contribution in [3.8, 4) is 0 Å². The van der Waals surface area contributed by atoms with Crippen molar-refractivity contribution in [1.29, 1.82) is 0 Å². The molecule has 0 aliphatic heterocycles. The molecule has 0 amide bonds. The van der Waals surface area contributed by atoms with Gasteiger partial charge in [-0.3, -0.25) is 5.10 Å². The van der Waals surface area contributed by atoms with Crippen LogP contribution in [0.1, 0.15) is 17.0 Å². The van der Waals surface area contributed by atoms with Crippen LogP contribution in [0.4, 0.5) is 4.39 Å². The number of benzene rings is 1. The molecule has 0 aliphatic rings. The molecule has 5 nitrogen and oxygen atoms in total. The van der Waals surface area contributed by atoms with Crippen LogP contribution in [0.15, 0.2) is 27.6 Å². The molecule has 1 heterocycles. The van der Waals surface area contributed by atoms with E-state index in [1.165, 1.54) is 18.2 Å². The second-order valence-corrected chi connectivity index (χ2v) is 6.88. The summed E-state index contributed by atoms with van der Waals surface area (Å²) in [6, 6.07) is 4.11. The molecule has 20 heavy (non-hydrogen) atoms. The molecule has 0 radical (unpaired) electrons. The molecule has 2 rings (SSSR count). The summed E-state index contributed by atoms with van der Waals surface area (Å²) in [6.07, 6.45) is 0. The van der Waals surface area contributed by atoms with Gasteiger partial charge >= 0.3 is 0 Å². The number of H-pyrrole nitrogens is 1. The third-order valence-electron chi connectivity index (χ3n) is 2.79. The van der Waals surface area contributed by atoms with Crippen LogP contribution in [0.3, 0.4) is 0 Å². The summed E-state index contributed by atoms with van der Waals surface area (Å²) < 4.78 is 40.7. The van der Waals surface area contributed by atoms with Crippen LogP contribution in [-0.4, -0.2) is 18.6 Å². The molecule has 2 aromatic rings. The molecule has 1 aromatic carbocycles. The third-order valence-corrected chi connectivity index (χ3v) is 5.23. The van der Waals surface area contributed by atoms with E-state index in [4.69, 9.17) is 0 Å². The fourth-order valence-electron chi connectivity index (χ4n) is 1.86. The zero-order valence-corrected chi connectivity index (χ0v) is 13.3. The predicted octanol–water partition coefficient (Wildman–Crippen LogP) is 2.41. The van der Waals surface area contributed by atoms with Crippen LogP contribution in [0.25, 0.3) is 0 Å². The van der Waals surface area contributed by atoms with E-state index in [1.54, 1.807) is 13.8 Å². The summed E-state index contributed by atoms with van der Waals surface area (Å²) in [4.78, 5) is 0.130. The molecule has 0 saturated carbocycles. The molecule has 8 heteroatoms. The van der Waals surface area contributed by atoms with Gasteiger partial charge < -0.3 is 0 Å². The van der Waals surface area contributed by atoms with E-state index in [1.807, 2.05) is 0 Å². The molecule has 0 aliphatic carbocycles. The maximum Gasteiger partial charge on any atom is 0.244 e. The fourth-order valence-corrected chi connectivity index (χ4v) is 3.62. The monoisotopic (exact) mass is 361 g/mol. The molecule has 0 spiro atoms. The summed E-state index contributed by atoms with van der Waals surface area (Å²) in [5.74, 6) is -0.418. The number of nitrogens with zero attached hydrogens (tertiary/aromatic N) is 1. The maximum absolute atomic E-state index is 13.2. The molecule has 108 valence electrons. The first kappa shape index (κ1) is 15.1. The Morgan fingerprint density at radius 1 is 1.40 bits per heavy atom. The largest absolute Gasteiger partial charge is 0.281 e. The lowest BCUT2D eigenvalue weighted by Crippen LogP contribution is -2.24. The number of aryl methyl sites for hydroxylation is 2. The van der Waals surface area contributed by atoms with E-state index >= 15 is 0 Å². The number of halogens is 2. The molecule has 0 bridgehead atoms. The zero-order valence-electron chi connectivity index (χ0n) is 10.9. The van der Waals surface area contributed by atoms with Crippen molar-refractivity contribution >= 4 is 26.0 Å². The van der Waals surface area contributed by atoms with Gasteiger partial charge in [0.25, 0.3) is 0 Å². The number of aromatic nitrogens is 2. The van der Waals surface area contributed by atoms with E-state index in [0.29, 0.717) is 21.4 Å². The lowest BCUT2D eigenvalue weighted by atomic mass is 10.2. The Morgan fingerprint density at radius 2 is 2.10 bits per heavy atom. The van der Waals surface area contributed by atoms with Crippen LogP contribution in [-0.2, 0) is 16.6 Å². The van der Waals surface area contributed by atoms with Crippen molar-refractivity contribution in [2.24, 2.45) is 0 Å². The smallest absolute Gasteiger partial charge is 0.244 e. The highest BCUT2D eigenvalue weighted by Crippen LogP contribution is 2.20. The summed E-state index contributed by atoms with van der Waals surface area (Å²) in [7, 11) is -3.69. The number of nitrogens with one attached hydrogen (secondary N) is 2. The topological polar surface area (TPSA) is 74.8 Å². The van der Waals surface area contributed by atoms with Gasteiger partial charge in [0.1, 0.15) is 10.7 Å². The minimum absolute atomic E-state index is 0.00919. The first-order valence-corrected chi connectivity index (χ1v) is 8.04. The number of hydrogen-bond donors (Lipinski definition) is 2. The molecule has 0 unspecified atom stereocenters. The number of hydrogen-bond acceptors (Lipinski definition) is 3. The molecular weight excluding hydrogens is 349 g/mol. The Morgan fingerprint density at radius 3 is 2.70 bits per heavy atom. The Balaban J connectivity index is 2.24. The van der Waals surface area contributed by atoms with E-state index in [2.05, 4.69) is 30.8 Å². The third kappa shape index (κ3) is 3.08. The minimum atomic E-state index is -3.69. The van der Waals surface area contributed by atoms with Gasteiger partial charge in [-0.2, -0.15) is 5.10 Å². The molecule has 1 aromatic heterocycles.